The van der Waals surface area contributed by atoms with Crippen LogP contribution in [0.2, 0.25) is 0 Å². The van der Waals surface area contributed by atoms with Gasteiger partial charge in [-0.15, -0.1) is 10.2 Å². The topological polar surface area (TPSA) is 55.2 Å². The lowest BCUT2D eigenvalue weighted by Crippen LogP contribution is -2.17. The second-order valence-electron chi connectivity index (χ2n) is 7.82. The molecule has 1 aromatic heterocycles. The standard InChI is InChI=1S/C18H26N2O2S2/c1-17(2,3)12-8-11(9-13(15(12)21)18(4,5)6)22-10-14-19-20-16(23-7)24-14/h8-9,21H,10H2,1-7H3. The van der Waals surface area contributed by atoms with Crippen LogP contribution in [0.25, 0.3) is 0 Å². The van der Waals surface area contributed by atoms with E-state index in [1.54, 1.807) is 23.1 Å². The zero-order chi connectivity index (χ0) is 18.1. The van der Waals surface area contributed by atoms with Crippen LogP contribution < -0.4 is 4.74 Å². The van der Waals surface area contributed by atoms with E-state index in [1.165, 1.54) is 0 Å². The Hall–Kier alpha value is -1.27. The van der Waals surface area contributed by atoms with Crippen molar-refractivity contribution in [1.29, 1.82) is 0 Å². The molecule has 0 aliphatic heterocycles. The molecule has 0 saturated carbocycles. The van der Waals surface area contributed by atoms with E-state index < -0.39 is 0 Å². The van der Waals surface area contributed by atoms with Gasteiger partial charge in [0.1, 0.15) is 18.1 Å². The minimum atomic E-state index is -0.168. The molecule has 0 spiro atoms. The third kappa shape index (κ3) is 4.42. The molecule has 0 amide bonds. The molecule has 0 aliphatic carbocycles. The lowest BCUT2D eigenvalue weighted by molar-refractivity contribution is 0.301. The molecule has 24 heavy (non-hydrogen) atoms. The predicted molar refractivity (Wildman–Crippen MR) is 102 cm³/mol. The number of hydrogen-bond donors (Lipinski definition) is 1. The summed E-state index contributed by atoms with van der Waals surface area (Å²) in [7, 11) is 0. The van der Waals surface area contributed by atoms with Crippen molar-refractivity contribution in [3.8, 4) is 11.5 Å². The summed E-state index contributed by atoms with van der Waals surface area (Å²) in [5, 5.41) is 19.8. The first-order valence-corrected chi connectivity index (χ1v) is 9.93. The van der Waals surface area contributed by atoms with E-state index in [1.807, 2.05) is 18.4 Å². The minimum absolute atomic E-state index is 0.168. The van der Waals surface area contributed by atoms with E-state index in [2.05, 4.69) is 51.7 Å². The van der Waals surface area contributed by atoms with Gasteiger partial charge in [-0.1, -0.05) is 64.6 Å². The Morgan fingerprint density at radius 1 is 1.04 bits per heavy atom. The first-order valence-electron chi connectivity index (χ1n) is 7.89. The van der Waals surface area contributed by atoms with Gasteiger partial charge in [-0.25, -0.2) is 0 Å². The summed E-state index contributed by atoms with van der Waals surface area (Å²) in [4.78, 5) is 0. The van der Waals surface area contributed by atoms with Gasteiger partial charge in [0, 0.05) is 11.1 Å². The summed E-state index contributed by atoms with van der Waals surface area (Å²) in [5.74, 6) is 1.12. The maximum atomic E-state index is 10.7. The van der Waals surface area contributed by atoms with Gasteiger partial charge < -0.3 is 9.84 Å². The minimum Gasteiger partial charge on any atom is -0.507 e. The number of rotatable bonds is 4. The Labute approximate surface area is 152 Å². The maximum absolute atomic E-state index is 10.7. The maximum Gasteiger partial charge on any atom is 0.174 e. The molecule has 0 radical (unpaired) electrons. The highest BCUT2D eigenvalue weighted by Gasteiger charge is 2.27. The van der Waals surface area contributed by atoms with Gasteiger partial charge in [0.25, 0.3) is 0 Å². The molecule has 1 heterocycles. The van der Waals surface area contributed by atoms with Crippen molar-refractivity contribution in [3.05, 3.63) is 28.3 Å². The van der Waals surface area contributed by atoms with Crippen LogP contribution in [0, 0.1) is 0 Å². The van der Waals surface area contributed by atoms with Crippen molar-refractivity contribution in [2.45, 2.75) is 63.3 Å². The molecule has 0 atom stereocenters. The van der Waals surface area contributed by atoms with E-state index in [9.17, 15) is 5.11 Å². The molecule has 4 nitrogen and oxygen atoms in total. The lowest BCUT2D eigenvalue weighted by atomic mass is 9.79. The SMILES string of the molecule is CSc1nnc(COc2cc(C(C)(C)C)c(O)c(C(C)(C)C)c2)s1. The monoisotopic (exact) mass is 366 g/mol. The van der Waals surface area contributed by atoms with Gasteiger partial charge in [-0.3, -0.25) is 0 Å². The number of aromatic nitrogens is 2. The van der Waals surface area contributed by atoms with Crippen molar-refractivity contribution in [1.82, 2.24) is 10.2 Å². The van der Waals surface area contributed by atoms with E-state index in [-0.39, 0.29) is 10.8 Å². The second-order valence-corrected chi connectivity index (χ2v) is 9.94. The molecular formula is C18H26N2O2S2. The number of nitrogens with zero attached hydrogens (tertiary/aromatic N) is 2. The largest absolute Gasteiger partial charge is 0.507 e. The number of thioether (sulfide) groups is 1. The Morgan fingerprint density at radius 3 is 2.00 bits per heavy atom. The summed E-state index contributed by atoms with van der Waals surface area (Å²) in [6.07, 6.45) is 1.98. The summed E-state index contributed by atoms with van der Waals surface area (Å²) >= 11 is 3.12. The number of ether oxygens (including phenoxy) is 1. The second kappa shape index (κ2) is 6.92. The number of aromatic hydroxyl groups is 1. The van der Waals surface area contributed by atoms with Gasteiger partial charge in [0.05, 0.1) is 0 Å². The Balaban J connectivity index is 2.35. The third-order valence-electron chi connectivity index (χ3n) is 3.68. The van der Waals surface area contributed by atoms with Crippen LogP contribution in [0.3, 0.4) is 0 Å². The Bertz CT molecular complexity index is 678. The van der Waals surface area contributed by atoms with Crippen LogP contribution in [0.15, 0.2) is 16.5 Å². The normalized spacial score (nSPS) is 12.5. The number of hydrogen-bond acceptors (Lipinski definition) is 6. The summed E-state index contributed by atoms with van der Waals surface area (Å²) in [5.41, 5.74) is 1.45. The molecule has 6 heteroatoms. The van der Waals surface area contributed by atoms with Crippen molar-refractivity contribution in [2.75, 3.05) is 6.26 Å². The molecule has 0 unspecified atom stereocenters. The van der Waals surface area contributed by atoms with Gasteiger partial charge in [-0.05, 0) is 29.2 Å². The molecule has 2 rings (SSSR count). The molecular weight excluding hydrogens is 340 g/mol. The van der Waals surface area contributed by atoms with Crippen molar-refractivity contribution >= 4 is 23.1 Å². The average Bonchev–Trinajstić information content (AvgIpc) is 2.91. The van der Waals surface area contributed by atoms with Crippen LogP contribution >= 0.6 is 23.1 Å². The fraction of sp³-hybridized carbons (Fsp3) is 0.556. The van der Waals surface area contributed by atoms with Gasteiger partial charge in [0.15, 0.2) is 9.35 Å². The van der Waals surface area contributed by atoms with E-state index in [4.69, 9.17) is 4.74 Å². The molecule has 0 aliphatic rings. The lowest BCUT2D eigenvalue weighted by Gasteiger charge is -2.28. The predicted octanol–water partition coefficient (Wildman–Crippen LogP) is 5.14. The molecule has 0 fully saturated rings. The number of phenols is 1. The highest BCUT2D eigenvalue weighted by atomic mass is 32.2. The van der Waals surface area contributed by atoms with Crippen LogP contribution in [0.5, 0.6) is 11.5 Å². The molecule has 132 valence electrons. The summed E-state index contributed by atoms with van der Waals surface area (Å²) in [6, 6.07) is 3.86. The average molecular weight is 367 g/mol. The number of phenolic OH excluding ortho intramolecular Hbond substituents is 1. The third-order valence-corrected chi connectivity index (χ3v) is 5.56. The van der Waals surface area contributed by atoms with Crippen molar-refractivity contribution < 1.29 is 9.84 Å². The zero-order valence-corrected chi connectivity index (χ0v) is 17.1. The van der Waals surface area contributed by atoms with E-state index >= 15 is 0 Å². The molecule has 2 aromatic rings. The quantitative estimate of drug-likeness (QED) is 0.759. The highest BCUT2D eigenvalue weighted by Crippen LogP contribution is 2.41. The fourth-order valence-corrected chi connectivity index (χ4v) is 3.59. The van der Waals surface area contributed by atoms with E-state index in [0.29, 0.717) is 12.4 Å². The summed E-state index contributed by atoms with van der Waals surface area (Å²) in [6.45, 7) is 12.9. The van der Waals surface area contributed by atoms with Crippen molar-refractivity contribution in [2.24, 2.45) is 0 Å². The van der Waals surface area contributed by atoms with Crippen LogP contribution in [-0.4, -0.2) is 21.6 Å². The highest BCUT2D eigenvalue weighted by molar-refractivity contribution is 8.00. The Morgan fingerprint density at radius 2 is 1.58 bits per heavy atom. The molecule has 0 bridgehead atoms. The zero-order valence-electron chi connectivity index (χ0n) is 15.4. The van der Waals surface area contributed by atoms with Crippen LogP contribution in [0.4, 0.5) is 0 Å². The first kappa shape index (κ1) is 19.1. The van der Waals surface area contributed by atoms with Gasteiger partial charge in [-0.2, -0.15) is 0 Å². The summed E-state index contributed by atoms with van der Waals surface area (Å²) < 4.78 is 6.90. The van der Waals surface area contributed by atoms with Gasteiger partial charge >= 0.3 is 0 Å². The smallest absolute Gasteiger partial charge is 0.174 e. The fourth-order valence-electron chi connectivity index (χ4n) is 2.36. The van der Waals surface area contributed by atoms with Crippen LogP contribution in [-0.2, 0) is 17.4 Å². The molecule has 1 N–H and O–H groups in total. The Kier molecular flexibility index (Phi) is 5.50. The molecule has 1 aromatic carbocycles. The van der Waals surface area contributed by atoms with E-state index in [0.717, 1.165) is 26.2 Å². The van der Waals surface area contributed by atoms with Gasteiger partial charge in [0.2, 0.25) is 0 Å². The molecule has 0 saturated heterocycles. The van der Waals surface area contributed by atoms with Crippen molar-refractivity contribution in [3.63, 3.8) is 0 Å². The van der Waals surface area contributed by atoms with Crippen LogP contribution in [0.1, 0.15) is 57.7 Å². The first-order chi connectivity index (χ1) is 11.0. The number of benzene rings is 1.